The van der Waals surface area contributed by atoms with E-state index in [9.17, 15) is 4.79 Å². The molecular weight excluding hydrogens is 264 g/mol. The summed E-state index contributed by atoms with van der Waals surface area (Å²) < 4.78 is 5.33. The molecule has 1 aromatic heterocycles. The largest absolute Gasteiger partial charge is 0.465 e. The molecule has 0 unspecified atom stereocenters. The summed E-state index contributed by atoms with van der Waals surface area (Å²) in [4.78, 5) is 20.7. The lowest BCUT2D eigenvalue weighted by Crippen LogP contribution is -2.35. The molecule has 2 aromatic rings. The van der Waals surface area contributed by atoms with Gasteiger partial charge in [0, 0.05) is 0 Å². The SMILES string of the molecule is CCOC(=O)C1(c2nc3c(C)cc(C)cc3[nH]2)CCCC1. The van der Waals surface area contributed by atoms with Crippen LogP contribution in [-0.2, 0) is 14.9 Å². The number of aromatic amines is 1. The molecule has 0 bridgehead atoms. The van der Waals surface area contributed by atoms with Gasteiger partial charge in [0.2, 0.25) is 0 Å². The number of esters is 1. The molecule has 1 saturated carbocycles. The van der Waals surface area contributed by atoms with E-state index in [1.54, 1.807) is 0 Å². The molecule has 0 atom stereocenters. The van der Waals surface area contributed by atoms with Gasteiger partial charge in [0.15, 0.2) is 0 Å². The molecule has 0 radical (unpaired) electrons. The number of benzene rings is 1. The number of carbonyl (C=O) groups excluding carboxylic acids is 1. The van der Waals surface area contributed by atoms with Gasteiger partial charge in [0.25, 0.3) is 0 Å². The Morgan fingerprint density at radius 2 is 2.05 bits per heavy atom. The Morgan fingerprint density at radius 3 is 2.71 bits per heavy atom. The molecule has 112 valence electrons. The Hall–Kier alpha value is -1.84. The second-order valence-corrected chi connectivity index (χ2v) is 6.07. The zero-order valence-corrected chi connectivity index (χ0v) is 13.0. The summed E-state index contributed by atoms with van der Waals surface area (Å²) in [7, 11) is 0. The number of carbonyl (C=O) groups is 1. The van der Waals surface area contributed by atoms with Crippen molar-refractivity contribution in [3.8, 4) is 0 Å². The number of fused-ring (bicyclic) bond motifs is 1. The van der Waals surface area contributed by atoms with Crippen LogP contribution in [0.15, 0.2) is 12.1 Å². The number of rotatable bonds is 3. The lowest BCUT2D eigenvalue weighted by Gasteiger charge is -2.23. The van der Waals surface area contributed by atoms with Gasteiger partial charge in [-0.05, 0) is 50.8 Å². The molecule has 1 aromatic carbocycles. The first-order valence-corrected chi connectivity index (χ1v) is 7.71. The zero-order chi connectivity index (χ0) is 15.0. The van der Waals surface area contributed by atoms with Crippen LogP contribution in [0, 0.1) is 13.8 Å². The van der Waals surface area contributed by atoms with Gasteiger partial charge < -0.3 is 9.72 Å². The molecule has 1 aliphatic rings. The van der Waals surface area contributed by atoms with Crippen molar-refractivity contribution in [1.29, 1.82) is 0 Å². The minimum Gasteiger partial charge on any atom is -0.465 e. The first-order chi connectivity index (χ1) is 10.1. The van der Waals surface area contributed by atoms with Gasteiger partial charge in [0.1, 0.15) is 11.2 Å². The molecule has 1 heterocycles. The molecule has 1 N–H and O–H groups in total. The van der Waals surface area contributed by atoms with Crippen molar-refractivity contribution >= 4 is 17.0 Å². The Kier molecular flexibility index (Phi) is 3.47. The van der Waals surface area contributed by atoms with Gasteiger partial charge in [-0.3, -0.25) is 4.79 Å². The van der Waals surface area contributed by atoms with E-state index < -0.39 is 5.41 Å². The highest BCUT2D eigenvalue weighted by molar-refractivity contribution is 5.86. The van der Waals surface area contributed by atoms with Crippen LogP contribution < -0.4 is 0 Å². The van der Waals surface area contributed by atoms with Crippen molar-refractivity contribution < 1.29 is 9.53 Å². The quantitative estimate of drug-likeness (QED) is 0.878. The van der Waals surface area contributed by atoms with Crippen LogP contribution in [0.4, 0.5) is 0 Å². The summed E-state index contributed by atoms with van der Waals surface area (Å²) in [6, 6.07) is 4.21. The van der Waals surface area contributed by atoms with Gasteiger partial charge >= 0.3 is 5.97 Å². The van der Waals surface area contributed by atoms with Crippen LogP contribution in [0.2, 0.25) is 0 Å². The summed E-state index contributed by atoms with van der Waals surface area (Å²) in [5.41, 5.74) is 3.75. The van der Waals surface area contributed by atoms with Crippen molar-refractivity contribution in [2.75, 3.05) is 6.61 Å². The fourth-order valence-electron chi connectivity index (χ4n) is 3.48. The first kappa shape index (κ1) is 14.1. The average molecular weight is 286 g/mol. The normalized spacial score (nSPS) is 17.3. The van der Waals surface area contributed by atoms with Crippen molar-refractivity contribution in [3.63, 3.8) is 0 Å². The van der Waals surface area contributed by atoms with Gasteiger partial charge in [-0.1, -0.05) is 18.9 Å². The molecule has 1 fully saturated rings. The highest BCUT2D eigenvalue weighted by Crippen LogP contribution is 2.41. The lowest BCUT2D eigenvalue weighted by atomic mass is 9.85. The van der Waals surface area contributed by atoms with Crippen LogP contribution in [0.3, 0.4) is 0 Å². The molecular formula is C17H22N2O2. The van der Waals surface area contributed by atoms with Crippen LogP contribution in [-0.4, -0.2) is 22.5 Å². The van der Waals surface area contributed by atoms with Crippen LogP contribution in [0.5, 0.6) is 0 Å². The van der Waals surface area contributed by atoms with Crippen LogP contribution in [0.25, 0.3) is 11.0 Å². The maximum Gasteiger partial charge on any atom is 0.319 e. The van der Waals surface area contributed by atoms with E-state index in [4.69, 9.17) is 9.72 Å². The Labute approximate surface area is 124 Å². The van der Waals surface area contributed by atoms with E-state index in [1.807, 2.05) is 6.92 Å². The summed E-state index contributed by atoms with van der Waals surface area (Å²) >= 11 is 0. The van der Waals surface area contributed by atoms with E-state index in [2.05, 4.69) is 31.0 Å². The zero-order valence-electron chi connectivity index (χ0n) is 13.0. The fourth-order valence-corrected chi connectivity index (χ4v) is 3.48. The Balaban J connectivity index is 2.12. The third-order valence-corrected chi connectivity index (χ3v) is 4.50. The standard InChI is InChI=1S/C17H22N2O2/c1-4-21-16(20)17(7-5-6-8-17)15-18-13-10-11(2)9-12(3)14(13)19-15/h9-10H,4-8H2,1-3H3,(H,18,19). The third-order valence-electron chi connectivity index (χ3n) is 4.50. The number of aryl methyl sites for hydroxylation is 2. The Morgan fingerprint density at radius 1 is 1.33 bits per heavy atom. The van der Waals surface area contributed by atoms with Crippen molar-refractivity contribution in [3.05, 3.63) is 29.1 Å². The molecule has 3 rings (SSSR count). The number of aromatic nitrogens is 2. The van der Waals surface area contributed by atoms with Crippen molar-refractivity contribution in [2.24, 2.45) is 0 Å². The van der Waals surface area contributed by atoms with E-state index >= 15 is 0 Å². The van der Waals surface area contributed by atoms with E-state index in [0.29, 0.717) is 6.61 Å². The smallest absolute Gasteiger partial charge is 0.319 e. The molecule has 0 aliphatic heterocycles. The molecule has 0 saturated heterocycles. The third kappa shape index (κ3) is 2.23. The monoisotopic (exact) mass is 286 g/mol. The lowest BCUT2D eigenvalue weighted by molar-refractivity contribution is -0.150. The molecule has 0 spiro atoms. The predicted octanol–water partition coefficient (Wildman–Crippen LogP) is 3.55. The number of H-pyrrole nitrogens is 1. The molecule has 0 amide bonds. The van der Waals surface area contributed by atoms with Crippen molar-refractivity contribution in [1.82, 2.24) is 9.97 Å². The minimum absolute atomic E-state index is 0.129. The van der Waals surface area contributed by atoms with E-state index in [0.717, 1.165) is 48.1 Å². The van der Waals surface area contributed by atoms with E-state index in [1.165, 1.54) is 5.56 Å². The minimum atomic E-state index is -0.574. The van der Waals surface area contributed by atoms with Crippen LogP contribution in [0.1, 0.15) is 49.6 Å². The molecule has 1 aliphatic carbocycles. The number of nitrogens with zero attached hydrogens (tertiary/aromatic N) is 1. The summed E-state index contributed by atoms with van der Waals surface area (Å²) in [6.07, 6.45) is 3.75. The van der Waals surface area contributed by atoms with E-state index in [-0.39, 0.29) is 5.97 Å². The first-order valence-electron chi connectivity index (χ1n) is 7.71. The maximum absolute atomic E-state index is 12.5. The molecule has 4 heteroatoms. The second-order valence-electron chi connectivity index (χ2n) is 6.07. The molecule has 21 heavy (non-hydrogen) atoms. The van der Waals surface area contributed by atoms with Crippen molar-refractivity contribution in [2.45, 2.75) is 51.9 Å². The number of hydrogen-bond donors (Lipinski definition) is 1. The fraction of sp³-hybridized carbons (Fsp3) is 0.529. The van der Waals surface area contributed by atoms with Gasteiger partial charge in [0.05, 0.1) is 17.6 Å². The summed E-state index contributed by atoms with van der Waals surface area (Å²) in [5, 5.41) is 0. The number of nitrogens with one attached hydrogen (secondary N) is 1. The topological polar surface area (TPSA) is 55.0 Å². The molecule has 4 nitrogen and oxygen atoms in total. The highest BCUT2D eigenvalue weighted by Gasteiger charge is 2.46. The number of imidazole rings is 1. The maximum atomic E-state index is 12.5. The summed E-state index contributed by atoms with van der Waals surface area (Å²) in [5.74, 6) is 0.651. The number of hydrogen-bond acceptors (Lipinski definition) is 3. The van der Waals surface area contributed by atoms with Crippen LogP contribution >= 0.6 is 0 Å². The predicted molar refractivity (Wildman–Crippen MR) is 82.3 cm³/mol. The Bertz CT molecular complexity index is 681. The van der Waals surface area contributed by atoms with Gasteiger partial charge in [-0.2, -0.15) is 0 Å². The summed E-state index contributed by atoms with van der Waals surface area (Å²) in [6.45, 7) is 6.40. The second kappa shape index (κ2) is 5.17. The van der Waals surface area contributed by atoms with Gasteiger partial charge in [-0.15, -0.1) is 0 Å². The highest BCUT2D eigenvalue weighted by atomic mass is 16.5. The average Bonchev–Trinajstić information content (AvgIpc) is 3.05. The number of ether oxygens (including phenoxy) is 1. The van der Waals surface area contributed by atoms with Gasteiger partial charge in [-0.25, -0.2) is 4.98 Å².